The van der Waals surface area contributed by atoms with Gasteiger partial charge in [-0.3, -0.25) is 4.90 Å². The first kappa shape index (κ1) is 24.3. The van der Waals surface area contributed by atoms with E-state index in [-0.39, 0.29) is 30.9 Å². The highest BCUT2D eigenvalue weighted by atomic mass is 19.1. The molecule has 3 aliphatic heterocycles. The summed E-state index contributed by atoms with van der Waals surface area (Å²) in [4.78, 5) is 29.0. The lowest BCUT2D eigenvalue weighted by Gasteiger charge is -2.43. The van der Waals surface area contributed by atoms with Crippen LogP contribution in [0, 0.1) is 5.82 Å². The third-order valence-corrected chi connectivity index (χ3v) is 8.33. The highest BCUT2D eigenvalue weighted by Crippen LogP contribution is 2.48. The van der Waals surface area contributed by atoms with Gasteiger partial charge in [-0.05, 0) is 69.0 Å². The molecule has 9 heteroatoms. The van der Waals surface area contributed by atoms with Crippen molar-refractivity contribution >= 4 is 17.9 Å². The molecule has 1 aromatic carbocycles. The first-order valence-corrected chi connectivity index (χ1v) is 12.9. The molecular weight excluding hydrogens is 453 g/mol. The molecule has 194 valence electrons. The third kappa shape index (κ3) is 5.11. The molecule has 1 saturated carbocycles. The van der Waals surface area contributed by atoms with Crippen LogP contribution in [0.1, 0.15) is 58.4 Å². The number of fused-ring (bicyclic) bond motifs is 2. The van der Waals surface area contributed by atoms with E-state index in [0.717, 1.165) is 75.7 Å². The lowest BCUT2D eigenvalue weighted by molar-refractivity contribution is 0.0767. The Hall–Kier alpha value is -2.39. The molecule has 3 atom stereocenters. The zero-order valence-corrected chi connectivity index (χ0v) is 20.5. The second-order valence-corrected chi connectivity index (χ2v) is 10.4. The third-order valence-electron chi connectivity index (χ3n) is 8.33. The van der Waals surface area contributed by atoms with Gasteiger partial charge < -0.3 is 24.4 Å². The smallest absolute Gasteiger partial charge is 0.414 e. The van der Waals surface area contributed by atoms with Gasteiger partial charge in [0, 0.05) is 31.9 Å². The number of anilines is 1. The van der Waals surface area contributed by atoms with Crippen LogP contribution in [0.2, 0.25) is 0 Å². The molecular formula is C26H38FN3O5. The predicted octanol–water partition coefficient (Wildman–Crippen LogP) is 4.21. The minimum Gasteiger partial charge on any atom is -0.452 e. The SMILES string of the molecule is COC(=O)N1CC2(CCN(C3CCCCC(NC(=O)O[C@H]4CCOC4)C3)CC2)c2cc(F)ccc21.[HH]. The number of amides is 2. The molecule has 4 aliphatic rings. The number of alkyl carbamates (subject to hydrolysis) is 1. The molecule has 0 bridgehead atoms. The van der Waals surface area contributed by atoms with Crippen molar-refractivity contribution in [1.29, 1.82) is 0 Å². The van der Waals surface area contributed by atoms with Gasteiger partial charge >= 0.3 is 12.2 Å². The Balaban J connectivity index is 0.00000304. The van der Waals surface area contributed by atoms with Crippen molar-refractivity contribution in [3.05, 3.63) is 29.6 Å². The van der Waals surface area contributed by atoms with Crippen molar-refractivity contribution < 1.29 is 29.6 Å². The molecule has 0 radical (unpaired) electrons. The summed E-state index contributed by atoms with van der Waals surface area (Å²) in [5.74, 6) is -0.272. The molecule has 5 rings (SSSR count). The second-order valence-electron chi connectivity index (χ2n) is 10.4. The van der Waals surface area contributed by atoms with Crippen LogP contribution in [0.5, 0.6) is 0 Å². The lowest BCUT2D eigenvalue weighted by Crippen LogP contribution is -2.50. The highest BCUT2D eigenvalue weighted by Gasteiger charge is 2.47. The van der Waals surface area contributed by atoms with Gasteiger partial charge in [-0.1, -0.05) is 12.8 Å². The fraction of sp³-hybridized carbons (Fsp3) is 0.692. The van der Waals surface area contributed by atoms with E-state index in [2.05, 4.69) is 10.2 Å². The number of piperidine rings is 1. The average molecular weight is 492 g/mol. The highest BCUT2D eigenvalue weighted by molar-refractivity contribution is 5.91. The van der Waals surface area contributed by atoms with E-state index in [9.17, 15) is 14.0 Å². The van der Waals surface area contributed by atoms with Gasteiger partial charge in [0.2, 0.25) is 0 Å². The number of benzene rings is 1. The number of likely N-dealkylation sites (tertiary alicyclic amines) is 1. The van der Waals surface area contributed by atoms with Gasteiger partial charge in [0.1, 0.15) is 11.9 Å². The molecule has 1 N–H and O–H groups in total. The molecule has 2 unspecified atom stereocenters. The van der Waals surface area contributed by atoms with Crippen molar-refractivity contribution in [2.24, 2.45) is 0 Å². The van der Waals surface area contributed by atoms with E-state index in [1.807, 2.05) is 0 Å². The van der Waals surface area contributed by atoms with E-state index in [0.29, 0.717) is 25.8 Å². The number of ether oxygens (including phenoxy) is 3. The lowest BCUT2D eigenvalue weighted by atomic mass is 9.74. The fourth-order valence-corrected chi connectivity index (χ4v) is 6.41. The molecule has 8 nitrogen and oxygen atoms in total. The number of hydrogen-bond donors (Lipinski definition) is 1. The van der Waals surface area contributed by atoms with Crippen LogP contribution < -0.4 is 10.2 Å². The molecule has 35 heavy (non-hydrogen) atoms. The van der Waals surface area contributed by atoms with Crippen molar-refractivity contribution in [3.63, 3.8) is 0 Å². The van der Waals surface area contributed by atoms with Gasteiger partial charge in [0.05, 0.1) is 26.0 Å². The van der Waals surface area contributed by atoms with E-state index in [1.54, 1.807) is 17.0 Å². The summed E-state index contributed by atoms with van der Waals surface area (Å²) in [5, 5.41) is 3.10. The summed E-state index contributed by atoms with van der Waals surface area (Å²) in [7, 11) is 1.38. The van der Waals surface area contributed by atoms with Gasteiger partial charge in [0.25, 0.3) is 0 Å². The average Bonchev–Trinajstić information content (AvgIpc) is 3.39. The van der Waals surface area contributed by atoms with E-state index < -0.39 is 6.09 Å². The summed E-state index contributed by atoms with van der Waals surface area (Å²) in [6, 6.07) is 5.19. The van der Waals surface area contributed by atoms with Crippen LogP contribution in [0.15, 0.2) is 18.2 Å². The van der Waals surface area contributed by atoms with E-state index in [4.69, 9.17) is 14.2 Å². The fourth-order valence-electron chi connectivity index (χ4n) is 6.41. The maximum Gasteiger partial charge on any atom is 0.414 e. The number of carbonyl (C=O) groups is 2. The molecule has 1 spiro atoms. The Labute approximate surface area is 207 Å². The number of nitrogens with zero attached hydrogens (tertiary/aromatic N) is 2. The van der Waals surface area contributed by atoms with Gasteiger partial charge in [-0.15, -0.1) is 0 Å². The van der Waals surface area contributed by atoms with Crippen LogP contribution >= 0.6 is 0 Å². The monoisotopic (exact) mass is 491 g/mol. The number of rotatable bonds is 3. The molecule has 3 heterocycles. The summed E-state index contributed by atoms with van der Waals surface area (Å²) in [6.07, 6.45) is 6.80. The van der Waals surface area contributed by atoms with Crippen molar-refractivity contribution in [1.82, 2.24) is 10.2 Å². The summed E-state index contributed by atoms with van der Waals surface area (Å²) in [6.45, 7) is 3.42. The van der Waals surface area contributed by atoms with Crippen molar-refractivity contribution in [3.8, 4) is 0 Å². The molecule has 2 saturated heterocycles. The Morgan fingerprint density at radius 2 is 2.00 bits per heavy atom. The summed E-state index contributed by atoms with van der Waals surface area (Å²) >= 11 is 0. The topological polar surface area (TPSA) is 80.3 Å². The maximum absolute atomic E-state index is 14.2. The van der Waals surface area contributed by atoms with Gasteiger partial charge in [-0.25, -0.2) is 14.0 Å². The molecule has 1 aromatic rings. The van der Waals surface area contributed by atoms with Crippen LogP contribution in [-0.2, 0) is 19.6 Å². The normalized spacial score (nSPS) is 28.4. The summed E-state index contributed by atoms with van der Waals surface area (Å²) in [5.41, 5.74) is 1.43. The Bertz CT molecular complexity index is 936. The first-order chi connectivity index (χ1) is 17.0. The molecule has 1 aliphatic carbocycles. The van der Waals surface area contributed by atoms with Crippen LogP contribution in [0.25, 0.3) is 0 Å². The standard InChI is InChI=1S/C26H36FN3O5.H2/c1-33-25(32)30-17-26(22-14-18(27)6-7-23(22)30)9-11-29(12-10-26)20-5-3-2-4-19(15-20)28-24(31)35-21-8-13-34-16-21;/h6-7,14,19-21H,2-5,8-13,15-17H2,1H3,(H,28,31);1H/t19?,20?,21-;/m0./s1. The van der Waals surface area contributed by atoms with Crippen LogP contribution in [0.3, 0.4) is 0 Å². The Morgan fingerprint density at radius 3 is 2.74 bits per heavy atom. The number of hydrogen-bond acceptors (Lipinski definition) is 6. The maximum atomic E-state index is 14.2. The second kappa shape index (κ2) is 10.3. The molecule has 2 amide bonds. The minimum atomic E-state index is -0.397. The largest absolute Gasteiger partial charge is 0.452 e. The number of methoxy groups -OCH3 is 1. The predicted molar refractivity (Wildman–Crippen MR) is 130 cm³/mol. The molecule has 3 fully saturated rings. The number of nitrogens with one attached hydrogen (secondary N) is 1. The Kier molecular flexibility index (Phi) is 7.16. The van der Waals surface area contributed by atoms with Crippen molar-refractivity contribution in [2.75, 3.05) is 44.9 Å². The van der Waals surface area contributed by atoms with E-state index >= 15 is 0 Å². The first-order valence-electron chi connectivity index (χ1n) is 12.9. The van der Waals surface area contributed by atoms with E-state index in [1.165, 1.54) is 13.2 Å². The van der Waals surface area contributed by atoms with Gasteiger partial charge in [-0.2, -0.15) is 0 Å². The zero-order chi connectivity index (χ0) is 24.4. The zero-order valence-electron chi connectivity index (χ0n) is 20.5. The number of carbonyl (C=O) groups excluding carboxylic acids is 2. The Morgan fingerprint density at radius 1 is 1.20 bits per heavy atom. The minimum absolute atomic E-state index is 0. The van der Waals surface area contributed by atoms with Crippen LogP contribution in [0.4, 0.5) is 19.7 Å². The van der Waals surface area contributed by atoms with Crippen molar-refractivity contribution in [2.45, 2.75) is 75.0 Å². The quantitative estimate of drug-likeness (QED) is 0.638. The molecule has 0 aromatic heterocycles. The number of halogens is 1. The van der Waals surface area contributed by atoms with Crippen LogP contribution in [-0.4, -0.2) is 75.2 Å². The summed E-state index contributed by atoms with van der Waals surface area (Å²) < 4.78 is 30.0. The van der Waals surface area contributed by atoms with Gasteiger partial charge in [0.15, 0.2) is 0 Å².